The van der Waals surface area contributed by atoms with E-state index in [0.717, 1.165) is 11.3 Å². The standard InChI is InChI=1S/C20H26N10O5S3/c1-3-35-28-12(9-7-37-19(22)25-9)15(31)27-13-16(32)29-14(18(33)34)8(5-36-17(13)29)6-38-20-26-10(21)4-11(24-2)30(20)23/h4,7,11,13,17,24H,3,5-6,21,23H2,1-2H3,(H2,22,25)(H,27,31)(H,33,34)/b28-12-/t11?,13?,17-/m0/s1. The second-order valence-electron chi connectivity index (χ2n) is 7.96. The van der Waals surface area contributed by atoms with Gasteiger partial charge >= 0.3 is 5.97 Å². The molecule has 1 aromatic rings. The van der Waals surface area contributed by atoms with Gasteiger partial charge in [-0.1, -0.05) is 16.9 Å². The first kappa shape index (κ1) is 27.7. The van der Waals surface area contributed by atoms with E-state index >= 15 is 0 Å². The molecule has 2 unspecified atom stereocenters. The Morgan fingerprint density at radius 1 is 1.39 bits per heavy atom. The number of carboxylic acids is 1. The number of likely N-dealkylation sites (N-methyl/N-ethyl adjacent to an activating group) is 1. The molecule has 2 amide bonds. The van der Waals surface area contributed by atoms with Gasteiger partial charge in [0.05, 0.1) is 0 Å². The fraction of sp³-hybridized carbons (Fsp3) is 0.400. The molecule has 0 bridgehead atoms. The summed E-state index contributed by atoms with van der Waals surface area (Å²) >= 11 is 3.67. The lowest BCUT2D eigenvalue weighted by Gasteiger charge is -2.49. The fourth-order valence-electron chi connectivity index (χ4n) is 3.78. The van der Waals surface area contributed by atoms with Crippen molar-refractivity contribution in [1.82, 2.24) is 25.5 Å². The zero-order valence-electron chi connectivity index (χ0n) is 20.3. The van der Waals surface area contributed by atoms with Crippen molar-refractivity contribution < 1.29 is 24.3 Å². The first-order valence-corrected chi connectivity index (χ1v) is 14.1. The van der Waals surface area contributed by atoms with Crippen LogP contribution in [-0.4, -0.2) is 91.4 Å². The Hall–Kier alpha value is -3.32. The van der Waals surface area contributed by atoms with Gasteiger partial charge in [-0.2, -0.15) is 0 Å². The number of fused-ring (bicyclic) bond motifs is 1. The van der Waals surface area contributed by atoms with Crippen LogP contribution in [0.25, 0.3) is 0 Å². The van der Waals surface area contributed by atoms with Crippen LogP contribution in [0, 0.1) is 0 Å². The number of oxime groups is 1. The number of aromatic nitrogens is 1. The molecular weight excluding hydrogens is 556 g/mol. The maximum absolute atomic E-state index is 13.1. The van der Waals surface area contributed by atoms with Crippen LogP contribution in [-0.2, 0) is 19.2 Å². The number of nitrogens with one attached hydrogen (secondary N) is 2. The number of amides is 2. The fourth-order valence-corrected chi connectivity index (χ4v) is 6.78. The summed E-state index contributed by atoms with van der Waals surface area (Å²) in [5, 5.41) is 22.4. The number of nitrogens with zero attached hydrogens (tertiary/aromatic N) is 5. The van der Waals surface area contributed by atoms with Crippen LogP contribution in [0.1, 0.15) is 12.6 Å². The molecule has 0 saturated carbocycles. The number of thiazole rings is 1. The van der Waals surface area contributed by atoms with E-state index < -0.39 is 29.2 Å². The van der Waals surface area contributed by atoms with Gasteiger partial charge in [-0.05, 0) is 25.6 Å². The lowest BCUT2D eigenvalue weighted by Crippen LogP contribution is -2.71. The number of nitrogen functional groups attached to an aromatic ring is 1. The zero-order chi connectivity index (χ0) is 27.6. The molecular formula is C20H26N10O5S3. The number of aliphatic carboxylic acids is 1. The van der Waals surface area contributed by atoms with Crippen LogP contribution in [0.2, 0.25) is 0 Å². The minimum Gasteiger partial charge on any atom is -0.477 e. The summed E-state index contributed by atoms with van der Waals surface area (Å²) in [6, 6.07) is -0.956. The van der Waals surface area contributed by atoms with Crippen LogP contribution in [0.4, 0.5) is 5.13 Å². The Balaban J connectivity index is 1.48. The number of amidine groups is 1. The number of hydrazine groups is 1. The molecule has 1 aromatic heterocycles. The Labute approximate surface area is 229 Å². The van der Waals surface area contributed by atoms with E-state index in [1.807, 2.05) is 0 Å². The number of anilines is 1. The number of carbonyl (C=O) groups is 3. The maximum atomic E-state index is 13.1. The third kappa shape index (κ3) is 5.44. The first-order chi connectivity index (χ1) is 18.2. The van der Waals surface area contributed by atoms with Crippen molar-refractivity contribution in [3.8, 4) is 0 Å². The van der Waals surface area contributed by atoms with E-state index in [1.165, 1.54) is 33.4 Å². The van der Waals surface area contributed by atoms with Gasteiger partial charge < -0.3 is 26.7 Å². The third-order valence-corrected chi connectivity index (χ3v) is 8.61. The summed E-state index contributed by atoms with van der Waals surface area (Å²) in [4.78, 5) is 52.8. The van der Waals surface area contributed by atoms with Crippen LogP contribution in [0.3, 0.4) is 0 Å². The van der Waals surface area contributed by atoms with Crippen molar-refractivity contribution in [3.05, 3.63) is 34.2 Å². The van der Waals surface area contributed by atoms with Crippen LogP contribution < -0.4 is 27.9 Å². The molecule has 3 aliphatic rings. The molecule has 1 fully saturated rings. The summed E-state index contributed by atoms with van der Waals surface area (Å²) in [6.45, 7) is 1.91. The van der Waals surface area contributed by atoms with E-state index in [2.05, 4.69) is 25.8 Å². The van der Waals surface area contributed by atoms with Crippen molar-refractivity contribution in [1.29, 1.82) is 0 Å². The normalized spacial score (nSPS) is 23.4. The molecule has 0 aliphatic carbocycles. The molecule has 4 rings (SSSR count). The number of carbonyl (C=O) groups excluding carboxylic acids is 2. The quantitative estimate of drug-likeness (QED) is 0.0874. The molecule has 4 heterocycles. The molecule has 1 saturated heterocycles. The Morgan fingerprint density at radius 2 is 2.16 bits per heavy atom. The third-order valence-electron chi connectivity index (χ3n) is 5.55. The lowest BCUT2D eigenvalue weighted by atomic mass is 10.0. The number of hydrogen-bond donors (Lipinski definition) is 6. The average Bonchev–Trinajstić information content (AvgIpc) is 3.32. The number of rotatable bonds is 9. The second-order valence-corrected chi connectivity index (χ2v) is 10.9. The smallest absolute Gasteiger partial charge is 0.352 e. The van der Waals surface area contributed by atoms with Crippen molar-refractivity contribution >= 4 is 68.7 Å². The number of thioether (sulfide) groups is 2. The van der Waals surface area contributed by atoms with Gasteiger partial charge in [-0.25, -0.2) is 20.6 Å². The van der Waals surface area contributed by atoms with Gasteiger partial charge in [-0.3, -0.25) is 24.8 Å². The zero-order valence-corrected chi connectivity index (χ0v) is 22.7. The summed E-state index contributed by atoms with van der Waals surface area (Å²) in [5.74, 6) is 4.42. The van der Waals surface area contributed by atoms with E-state index in [0.29, 0.717) is 16.5 Å². The minimum absolute atomic E-state index is 0.124. The Kier molecular flexibility index (Phi) is 8.46. The Morgan fingerprint density at radius 3 is 2.79 bits per heavy atom. The minimum atomic E-state index is -1.25. The summed E-state index contributed by atoms with van der Waals surface area (Å²) in [5.41, 5.74) is 12.0. The molecule has 18 heteroatoms. The van der Waals surface area contributed by atoms with Crippen molar-refractivity contribution in [3.63, 3.8) is 0 Å². The largest absolute Gasteiger partial charge is 0.477 e. The average molecular weight is 583 g/mol. The van der Waals surface area contributed by atoms with E-state index in [9.17, 15) is 19.5 Å². The van der Waals surface area contributed by atoms with Crippen LogP contribution in [0.5, 0.6) is 0 Å². The molecule has 3 aliphatic heterocycles. The van der Waals surface area contributed by atoms with Gasteiger partial charge in [0.2, 0.25) is 0 Å². The highest BCUT2D eigenvalue weighted by atomic mass is 32.2. The van der Waals surface area contributed by atoms with Crippen molar-refractivity contribution in [2.75, 3.05) is 30.9 Å². The molecule has 9 N–H and O–H groups in total. The van der Waals surface area contributed by atoms with Gasteiger partial charge in [0.1, 0.15) is 41.4 Å². The van der Waals surface area contributed by atoms with Crippen LogP contribution >= 0.6 is 34.9 Å². The van der Waals surface area contributed by atoms with Gasteiger partial charge in [0.25, 0.3) is 11.8 Å². The summed E-state index contributed by atoms with van der Waals surface area (Å²) in [7, 11) is 1.72. The monoisotopic (exact) mass is 582 g/mol. The Bertz CT molecular complexity index is 1260. The second kappa shape index (κ2) is 11.6. The molecule has 38 heavy (non-hydrogen) atoms. The van der Waals surface area contributed by atoms with Crippen molar-refractivity contribution in [2.24, 2.45) is 21.7 Å². The molecule has 3 atom stereocenters. The van der Waals surface area contributed by atoms with E-state index in [-0.39, 0.29) is 46.6 Å². The highest BCUT2D eigenvalue weighted by Crippen LogP contribution is 2.41. The molecule has 15 nitrogen and oxygen atoms in total. The van der Waals surface area contributed by atoms with E-state index in [4.69, 9.17) is 22.1 Å². The first-order valence-electron chi connectivity index (χ1n) is 11.2. The number of nitrogens with two attached hydrogens (primary N) is 3. The summed E-state index contributed by atoms with van der Waals surface area (Å²) < 4.78 is 0. The highest BCUT2D eigenvalue weighted by Gasteiger charge is 2.54. The SMILES string of the molecule is CCO/N=C(\C(=O)NC1C(=O)N2C(C(=O)O)=C(CSC3=NC(N)=CC(NC)N3N)CS[C@@H]12)c1csc(N)n1. The van der Waals surface area contributed by atoms with Gasteiger partial charge in [0, 0.05) is 16.9 Å². The van der Waals surface area contributed by atoms with E-state index in [1.54, 1.807) is 25.4 Å². The molecule has 0 aromatic carbocycles. The van der Waals surface area contributed by atoms with Crippen molar-refractivity contribution in [2.45, 2.75) is 24.5 Å². The lowest BCUT2D eigenvalue weighted by molar-refractivity contribution is -0.150. The topological polar surface area (TPSA) is 227 Å². The number of carboxylic acid groups (broad SMARTS) is 1. The number of β-lactam (4-membered cyclic amide) rings is 1. The number of aliphatic imine (C=N–C) groups is 1. The molecule has 0 spiro atoms. The van der Waals surface area contributed by atoms with Gasteiger partial charge in [0.15, 0.2) is 16.0 Å². The predicted molar refractivity (Wildman–Crippen MR) is 145 cm³/mol. The molecule has 204 valence electrons. The maximum Gasteiger partial charge on any atom is 0.352 e. The summed E-state index contributed by atoms with van der Waals surface area (Å²) in [6.07, 6.45) is 1.28. The predicted octanol–water partition coefficient (Wildman–Crippen LogP) is -1.17. The molecule has 0 radical (unpaired) electrons. The number of hydrogen-bond acceptors (Lipinski definition) is 15. The highest BCUT2D eigenvalue weighted by molar-refractivity contribution is 8.14. The van der Waals surface area contributed by atoms with Gasteiger partial charge in [-0.15, -0.1) is 23.1 Å². The van der Waals surface area contributed by atoms with Crippen LogP contribution in [0.15, 0.2) is 38.7 Å².